The van der Waals surface area contributed by atoms with Gasteiger partial charge in [0.05, 0.1) is 18.6 Å². The Morgan fingerprint density at radius 1 is 1.24 bits per heavy atom. The summed E-state index contributed by atoms with van der Waals surface area (Å²) < 4.78 is 11.2. The number of nitrogens with two attached hydrogens (primary N) is 1. The van der Waals surface area contributed by atoms with Crippen LogP contribution in [-0.2, 0) is 11.3 Å². The highest BCUT2D eigenvalue weighted by Gasteiger charge is 2.17. The molecule has 1 fully saturated rings. The van der Waals surface area contributed by atoms with Gasteiger partial charge in [-0.15, -0.1) is 0 Å². The van der Waals surface area contributed by atoms with Crippen molar-refractivity contribution in [3.8, 4) is 5.88 Å². The maximum absolute atomic E-state index is 5.84. The summed E-state index contributed by atoms with van der Waals surface area (Å²) in [6.07, 6.45) is 4.19. The van der Waals surface area contributed by atoms with Gasteiger partial charge in [0.15, 0.2) is 5.65 Å². The van der Waals surface area contributed by atoms with Gasteiger partial charge in [-0.05, 0) is 23.8 Å². The average Bonchev–Trinajstić information content (AvgIpc) is 3.13. The van der Waals surface area contributed by atoms with Gasteiger partial charge in [-0.25, -0.2) is 19.9 Å². The zero-order chi connectivity index (χ0) is 17.1. The smallest absolute Gasteiger partial charge is 0.213 e. The number of rotatable bonds is 5. The highest BCUT2D eigenvalue weighted by atomic mass is 16.5. The van der Waals surface area contributed by atoms with Crippen LogP contribution in [0.4, 0.5) is 11.6 Å². The van der Waals surface area contributed by atoms with Crippen LogP contribution in [0.25, 0.3) is 11.0 Å². The van der Waals surface area contributed by atoms with Crippen LogP contribution in [0.2, 0.25) is 0 Å². The Hall–Kier alpha value is -3.00. The Morgan fingerprint density at radius 2 is 2.20 bits per heavy atom. The van der Waals surface area contributed by atoms with E-state index in [0.29, 0.717) is 36.3 Å². The van der Waals surface area contributed by atoms with Crippen LogP contribution in [0.5, 0.6) is 5.88 Å². The number of aromatic nitrogens is 4. The zero-order valence-electron chi connectivity index (χ0n) is 13.6. The number of pyridine rings is 2. The number of nitrogens with zero attached hydrogens (tertiary/aromatic N) is 4. The quantitative estimate of drug-likeness (QED) is 0.725. The first kappa shape index (κ1) is 15.5. The zero-order valence-corrected chi connectivity index (χ0v) is 13.6. The summed E-state index contributed by atoms with van der Waals surface area (Å²) in [5.41, 5.74) is 7.31. The largest absolute Gasteiger partial charge is 0.472 e. The minimum Gasteiger partial charge on any atom is -0.472 e. The van der Waals surface area contributed by atoms with Crippen molar-refractivity contribution in [3.63, 3.8) is 0 Å². The predicted octanol–water partition coefficient (Wildman–Crippen LogP) is 1.78. The van der Waals surface area contributed by atoms with Gasteiger partial charge in [-0.2, -0.15) is 0 Å². The molecule has 0 radical (unpaired) electrons. The number of fused-ring (bicyclic) bond motifs is 1. The molecule has 0 bridgehead atoms. The summed E-state index contributed by atoms with van der Waals surface area (Å²) in [7, 11) is 0. The Labute approximate surface area is 144 Å². The SMILES string of the molecule is Nc1ccc2c(NCc3ccnc(OC4CCOC4)c3)ncnc2n1. The van der Waals surface area contributed by atoms with E-state index in [-0.39, 0.29) is 6.10 Å². The summed E-state index contributed by atoms with van der Waals surface area (Å²) in [6, 6.07) is 7.45. The van der Waals surface area contributed by atoms with Crippen LogP contribution >= 0.6 is 0 Å². The number of hydrogen-bond donors (Lipinski definition) is 2. The summed E-state index contributed by atoms with van der Waals surface area (Å²) in [5.74, 6) is 1.75. The minimum atomic E-state index is 0.0815. The molecule has 0 aliphatic carbocycles. The number of anilines is 2. The third-order valence-electron chi connectivity index (χ3n) is 3.95. The van der Waals surface area contributed by atoms with E-state index in [9.17, 15) is 0 Å². The minimum absolute atomic E-state index is 0.0815. The Balaban J connectivity index is 1.48. The molecule has 8 heteroatoms. The van der Waals surface area contributed by atoms with E-state index in [4.69, 9.17) is 15.2 Å². The van der Waals surface area contributed by atoms with Gasteiger partial charge in [0.2, 0.25) is 5.88 Å². The van der Waals surface area contributed by atoms with Gasteiger partial charge in [0, 0.05) is 25.2 Å². The Bertz CT molecular complexity index is 882. The third kappa shape index (κ3) is 3.58. The maximum atomic E-state index is 5.84. The summed E-state index contributed by atoms with van der Waals surface area (Å²) >= 11 is 0. The lowest BCUT2D eigenvalue weighted by molar-refractivity contribution is 0.138. The second kappa shape index (κ2) is 6.86. The lowest BCUT2D eigenvalue weighted by atomic mass is 10.2. The fraction of sp³-hybridized carbons (Fsp3) is 0.294. The summed E-state index contributed by atoms with van der Waals surface area (Å²) in [6.45, 7) is 1.94. The van der Waals surface area contributed by atoms with Crippen LogP contribution in [-0.4, -0.2) is 39.3 Å². The second-order valence-electron chi connectivity index (χ2n) is 5.79. The fourth-order valence-corrected chi connectivity index (χ4v) is 2.69. The first-order valence-electron chi connectivity index (χ1n) is 8.08. The lowest BCUT2D eigenvalue weighted by Gasteiger charge is -2.12. The molecule has 4 rings (SSSR count). The molecule has 1 unspecified atom stereocenters. The number of nitrogen functional groups attached to an aromatic ring is 1. The molecule has 1 saturated heterocycles. The molecule has 1 aliphatic heterocycles. The van der Waals surface area contributed by atoms with Gasteiger partial charge in [-0.3, -0.25) is 0 Å². The summed E-state index contributed by atoms with van der Waals surface area (Å²) in [5, 5.41) is 4.13. The molecule has 0 amide bonds. The second-order valence-corrected chi connectivity index (χ2v) is 5.79. The molecule has 0 aromatic carbocycles. The van der Waals surface area contributed by atoms with Crippen LogP contribution in [0.15, 0.2) is 36.8 Å². The normalized spacial score (nSPS) is 16.9. The molecular formula is C17H18N6O2. The van der Waals surface area contributed by atoms with Crippen molar-refractivity contribution in [1.82, 2.24) is 19.9 Å². The van der Waals surface area contributed by atoms with Crippen molar-refractivity contribution in [2.75, 3.05) is 24.3 Å². The van der Waals surface area contributed by atoms with E-state index >= 15 is 0 Å². The molecule has 8 nitrogen and oxygen atoms in total. The van der Waals surface area contributed by atoms with Crippen LogP contribution in [0, 0.1) is 0 Å². The summed E-state index contributed by atoms with van der Waals surface area (Å²) in [4.78, 5) is 16.9. The van der Waals surface area contributed by atoms with E-state index in [1.165, 1.54) is 6.33 Å². The molecule has 3 aromatic heterocycles. The van der Waals surface area contributed by atoms with E-state index < -0.39 is 0 Å². The lowest BCUT2D eigenvalue weighted by Crippen LogP contribution is -2.16. The van der Waals surface area contributed by atoms with E-state index in [2.05, 4.69) is 25.3 Å². The van der Waals surface area contributed by atoms with E-state index in [1.54, 1.807) is 12.3 Å². The first-order valence-corrected chi connectivity index (χ1v) is 8.08. The van der Waals surface area contributed by atoms with Crippen molar-refractivity contribution in [2.45, 2.75) is 19.1 Å². The van der Waals surface area contributed by atoms with Gasteiger partial charge in [0.1, 0.15) is 24.1 Å². The fourth-order valence-electron chi connectivity index (χ4n) is 2.69. The highest BCUT2D eigenvalue weighted by molar-refractivity contribution is 5.86. The highest BCUT2D eigenvalue weighted by Crippen LogP contribution is 2.20. The van der Waals surface area contributed by atoms with Gasteiger partial charge in [-0.1, -0.05) is 0 Å². The molecule has 3 aromatic rings. The monoisotopic (exact) mass is 338 g/mol. The van der Waals surface area contributed by atoms with E-state index in [1.807, 2.05) is 18.2 Å². The molecule has 1 atom stereocenters. The van der Waals surface area contributed by atoms with Gasteiger partial charge >= 0.3 is 0 Å². The molecule has 4 heterocycles. The third-order valence-corrected chi connectivity index (χ3v) is 3.95. The van der Waals surface area contributed by atoms with Crippen LogP contribution in [0.3, 0.4) is 0 Å². The van der Waals surface area contributed by atoms with Crippen molar-refractivity contribution in [2.24, 2.45) is 0 Å². The molecule has 1 aliphatic rings. The van der Waals surface area contributed by atoms with Gasteiger partial charge in [0.25, 0.3) is 0 Å². The molecular weight excluding hydrogens is 320 g/mol. The van der Waals surface area contributed by atoms with Crippen molar-refractivity contribution >= 4 is 22.7 Å². The molecule has 0 spiro atoms. The van der Waals surface area contributed by atoms with E-state index in [0.717, 1.165) is 24.0 Å². The topological polar surface area (TPSA) is 108 Å². The predicted molar refractivity (Wildman–Crippen MR) is 93.2 cm³/mol. The first-order chi connectivity index (χ1) is 12.3. The molecule has 128 valence electrons. The van der Waals surface area contributed by atoms with Crippen molar-refractivity contribution in [1.29, 1.82) is 0 Å². The average molecular weight is 338 g/mol. The van der Waals surface area contributed by atoms with Crippen molar-refractivity contribution < 1.29 is 9.47 Å². The molecule has 25 heavy (non-hydrogen) atoms. The number of nitrogens with one attached hydrogen (secondary N) is 1. The van der Waals surface area contributed by atoms with Crippen LogP contribution < -0.4 is 15.8 Å². The van der Waals surface area contributed by atoms with Crippen LogP contribution in [0.1, 0.15) is 12.0 Å². The molecule has 0 saturated carbocycles. The maximum Gasteiger partial charge on any atom is 0.213 e. The van der Waals surface area contributed by atoms with Crippen molar-refractivity contribution in [3.05, 3.63) is 42.4 Å². The standard InChI is InChI=1S/C17H18N6O2/c18-14-2-1-13-16(21-10-22-17(13)23-14)20-8-11-3-5-19-15(7-11)25-12-4-6-24-9-12/h1-3,5,7,10,12H,4,6,8-9H2,(H3,18,20,21,22,23). The number of ether oxygens (including phenoxy) is 2. The Kier molecular flexibility index (Phi) is 4.26. The van der Waals surface area contributed by atoms with Gasteiger partial charge < -0.3 is 20.5 Å². The number of hydrogen-bond acceptors (Lipinski definition) is 8. The molecule has 3 N–H and O–H groups in total. The Morgan fingerprint density at radius 3 is 3.08 bits per heavy atom.